The second kappa shape index (κ2) is 10.4. The molecule has 0 aliphatic carbocycles. The van der Waals surface area contributed by atoms with Crippen LogP contribution in [0.1, 0.15) is 13.3 Å². The second-order valence-corrected chi connectivity index (χ2v) is 4.83. The van der Waals surface area contributed by atoms with Crippen molar-refractivity contribution in [2.45, 2.75) is 31.7 Å². The van der Waals surface area contributed by atoms with E-state index in [0.29, 0.717) is 19.6 Å². The molecule has 1 unspecified atom stereocenters. The van der Waals surface area contributed by atoms with E-state index in [0.717, 1.165) is 0 Å². The van der Waals surface area contributed by atoms with Gasteiger partial charge in [-0.05, 0) is 6.42 Å². The summed E-state index contributed by atoms with van der Waals surface area (Å²) in [5.41, 5.74) is 0. The minimum atomic E-state index is -4.15. The van der Waals surface area contributed by atoms with Gasteiger partial charge in [0.15, 0.2) is 0 Å². The first-order valence-electron chi connectivity index (χ1n) is 7.23. The number of hydrogen-bond donors (Lipinski definition) is 0. The first-order valence-corrected chi connectivity index (χ1v) is 7.23. The van der Waals surface area contributed by atoms with Crippen LogP contribution in [0, 0.1) is 0 Å². The van der Waals surface area contributed by atoms with Crippen LogP contribution < -0.4 is 0 Å². The highest BCUT2D eigenvalue weighted by Crippen LogP contribution is 2.27. The van der Waals surface area contributed by atoms with Gasteiger partial charge < -0.3 is 23.7 Å². The Morgan fingerprint density at radius 3 is 2.13 bits per heavy atom. The third kappa shape index (κ3) is 11.6. The lowest BCUT2D eigenvalue weighted by Crippen LogP contribution is -2.39. The summed E-state index contributed by atoms with van der Waals surface area (Å²) in [5, 5.41) is 0. The molecule has 1 aliphatic heterocycles. The third-order valence-corrected chi connectivity index (χ3v) is 2.43. The summed E-state index contributed by atoms with van der Waals surface area (Å²) in [7, 11) is 0. The number of rotatable bonds is 15. The molecule has 1 rings (SSSR count). The maximum absolute atomic E-state index is 13.2. The monoisotopic (exact) mass is 350 g/mol. The molecular weight excluding hydrogens is 328 g/mol. The molecule has 0 radical (unpaired) electrons. The quantitative estimate of drug-likeness (QED) is 0.195. The molecule has 1 heterocycles. The molecule has 0 saturated carbocycles. The summed E-state index contributed by atoms with van der Waals surface area (Å²) < 4.78 is 79.8. The van der Waals surface area contributed by atoms with E-state index in [1.165, 1.54) is 0 Å². The number of hydrogen-bond acceptors (Lipinski definition) is 6. The summed E-state index contributed by atoms with van der Waals surface area (Å²) in [6, 6.07) is 0. The van der Waals surface area contributed by atoms with Crippen molar-refractivity contribution in [1.82, 2.24) is 0 Å². The average molecular weight is 350 g/mol. The van der Waals surface area contributed by atoms with Crippen LogP contribution in [0.2, 0.25) is 0 Å². The van der Waals surface area contributed by atoms with Crippen LogP contribution in [-0.2, 0) is 28.4 Å². The minimum Gasteiger partial charge on any atom is -0.376 e. The van der Waals surface area contributed by atoms with E-state index in [-0.39, 0.29) is 25.9 Å². The first-order chi connectivity index (χ1) is 10.8. The first kappa shape index (κ1) is 20.5. The second-order valence-electron chi connectivity index (χ2n) is 4.83. The summed E-state index contributed by atoms with van der Waals surface area (Å²) in [6.45, 7) is 0.153. The van der Waals surface area contributed by atoms with Gasteiger partial charge in [-0.2, -0.15) is 17.6 Å². The molecule has 0 aromatic rings. The van der Waals surface area contributed by atoms with Gasteiger partial charge in [0.05, 0.1) is 26.4 Å². The summed E-state index contributed by atoms with van der Waals surface area (Å²) in [6.07, 6.45) is -7.63. The molecule has 0 aromatic carbocycles. The Bertz CT molecular complexity index is 315. The molecule has 0 spiro atoms. The van der Waals surface area contributed by atoms with Crippen molar-refractivity contribution >= 4 is 0 Å². The van der Waals surface area contributed by atoms with Crippen LogP contribution in [-0.4, -0.2) is 71.4 Å². The topological polar surface area (TPSA) is 58.7 Å². The van der Waals surface area contributed by atoms with Crippen molar-refractivity contribution in [1.29, 1.82) is 0 Å². The van der Waals surface area contributed by atoms with Gasteiger partial charge in [0.1, 0.15) is 26.1 Å². The number of ether oxygens (including phenoxy) is 6. The van der Waals surface area contributed by atoms with Gasteiger partial charge in [0, 0.05) is 6.61 Å². The predicted molar refractivity (Wildman–Crippen MR) is 69.4 cm³/mol. The highest BCUT2D eigenvalue weighted by molar-refractivity contribution is 4.66. The fourth-order valence-electron chi connectivity index (χ4n) is 1.39. The molecule has 1 saturated heterocycles. The van der Waals surface area contributed by atoms with Crippen LogP contribution in [0.25, 0.3) is 0 Å². The normalized spacial score (nSPS) is 18.4. The van der Waals surface area contributed by atoms with Gasteiger partial charge in [-0.3, -0.25) is 4.74 Å². The van der Waals surface area contributed by atoms with Crippen molar-refractivity contribution in [2.75, 3.05) is 53.0 Å². The molecule has 138 valence electrons. The van der Waals surface area contributed by atoms with Gasteiger partial charge in [-0.25, -0.2) is 0 Å². The van der Waals surface area contributed by atoms with E-state index >= 15 is 0 Å². The van der Waals surface area contributed by atoms with Crippen LogP contribution in [0.15, 0.2) is 0 Å². The lowest BCUT2D eigenvalue weighted by atomic mass is 10.5. The van der Waals surface area contributed by atoms with Crippen molar-refractivity contribution < 1.29 is 46.0 Å². The maximum atomic E-state index is 13.2. The minimum absolute atomic E-state index is 0.0316. The Morgan fingerprint density at radius 2 is 1.52 bits per heavy atom. The highest BCUT2D eigenvalue weighted by Gasteiger charge is 2.44. The zero-order valence-corrected chi connectivity index (χ0v) is 12.9. The van der Waals surface area contributed by atoms with Crippen LogP contribution in [0.4, 0.5) is 17.6 Å². The third-order valence-electron chi connectivity index (χ3n) is 2.43. The Labute approximate surface area is 131 Å². The molecule has 0 N–H and O–H groups in total. The lowest BCUT2D eigenvalue weighted by Gasteiger charge is -2.23. The zero-order valence-electron chi connectivity index (χ0n) is 12.9. The Morgan fingerprint density at radius 1 is 0.913 bits per heavy atom. The Kier molecular flexibility index (Phi) is 9.25. The smallest absolute Gasteiger partial charge is 0.376 e. The summed E-state index contributed by atoms with van der Waals surface area (Å²) in [5.74, 6) is 0. The molecule has 1 aliphatic rings. The maximum Gasteiger partial charge on any atom is 0.383 e. The van der Waals surface area contributed by atoms with Gasteiger partial charge in [0.25, 0.3) is 0 Å². The summed E-state index contributed by atoms with van der Waals surface area (Å²) >= 11 is 0. The van der Waals surface area contributed by atoms with E-state index in [9.17, 15) is 17.6 Å². The van der Waals surface area contributed by atoms with E-state index in [1.54, 1.807) is 6.92 Å². The lowest BCUT2D eigenvalue weighted by molar-refractivity contribution is -0.395. The molecule has 1 fully saturated rings. The van der Waals surface area contributed by atoms with Gasteiger partial charge in [-0.1, -0.05) is 6.92 Å². The predicted octanol–water partition coefficient (Wildman–Crippen LogP) is 2.02. The van der Waals surface area contributed by atoms with Crippen LogP contribution >= 0.6 is 0 Å². The molecule has 0 bridgehead atoms. The standard InChI is InChI=1S/C13H22F4O6/c1-2-3-19-8-12(14,15)23-13(16,17)9-21-10-20-5-4-18-6-11-7-22-11/h11H,2-10H2,1H3. The zero-order chi connectivity index (χ0) is 17.2. The molecule has 0 amide bonds. The van der Waals surface area contributed by atoms with Crippen molar-refractivity contribution in [3.8, 4) is 0 Å². The number of halogens is 4. The van der Waals surface area contributed by atoms with Crippen molar-refractivity contribution in [3.63, 3.8) is 0 Å². The largest absolute Gasteiger partial charge is 0.383 e. The van der Waals surface area contributed by atoms with E-state index in [1.807, 2.05) is 0 Å². The molecule has 6 nitrogen and oxygen atoms in total. The fourth-order valence-corrected chi connectivity index (χ4v) is 1.39. The van der Waals surface area contributed by atoms with Crippen LogP contribution in [0.5, 0.6) is 0 Å². The SMILES string of the molecule is CCCOCC(F)(F)OC(F)(F)COCOCCOCC1CO1. The number of epoxide rings is 1. The van der Waals surface area contributed by atoms with Gasteiger partial charge in [0.2, 0.25) is 0 Å². The molecule has 23 heavy (non-hydrogen) atoms. The average Bonchev–Trinajstić information content (AvgIpc) is 3.24. The Hall–Kier alpha value is -0.520. The van der Waals surface area contributed by atoms with E-state index in [4.69, 9.17) is 14.2 Å². The molecular formula is C13H22F4O6. The van der Waals surface area contributed by atoms with Crippen LogP contribution in [0.3, 0.4) is 0 Å². The van der Waals surface area contributed by atoms with Crippen molar-refractivity contribution in [3.05, 3.63) is 0 Å². The Balaban J connectivity index is 2.01. The van der Waals surface area contributed by atoms with Gasteiger partial charge in [-0.15, -0.1) is 0 Å². The number of alkyl halides is 4. The molecule has 1 atom stereocenters. The fraction of sp³-hybridized carbons (Fsp3) is 1.00. The van der Waals surface area contributed by atoms with E-state index in [2.05, 4.69) is 14.2 Å². The van der Waals surface area contributed by atoms with Crippen molar-refractivity contribution in [2.24, 2.45) is 0 Å². The summed E-state index contributed by atoms with van der Waals surface area (Å²) in [4.78, 5) is 0. The highest BCUT2D eigenvalue weighted by atomic mass is 19.3. The molecule has 10 heteroatoms. The van der Waals surface area contributed by atoms with Gasteiger partial charge >= 0.3 is 12.2 Å². The molecule has 0 aromatic heterocycles. The van der Waals surface area contributed by atoms with E-state index < -0.39 is 32.2 Å².